The Hall–Kier alpha value is -5.10. The highest BCUT2D eigenvalue weighted by atomic mass is 16.5. The van der Waals surface area contributed by atoms with E-state index in [1.807, 2.05) is 65.5 Å². The SMILES string of the molecule is CC1CCCCN1c1nnc2ccc(OC3CCC(NC(=O)Nc4cc(C(C)(C)C)nn4-c4cccc(OCCN5CC6CCCC5CC6)c4)c4ccccc43)cn12. The molecule has 1 saturated carbocycles. The van der Waals surface area contributed by atoms with E-state index < -0.39 is 0 Å². The van der Waals surface area contributed by atoms with E-state index in [0.29, 0.717) is 24.5 Å². The zero-order valence-electron chi connectivity index (χ0n) is 34.6. The van der Waals surface area contributed by atoms with Crippen molar-refractivity contribution in [3.8, 4) is 17.2 Å². The van der Waals surface area contributed by atoms with Crippen LogP contribution in [-0.4, -0.2) is 73.6 Å². The highest BCUT2D eigenvalue weighted by Gasteiger charge is 2.32. The smallest absolute Gasteiger partial charge is 0.320 e. The first kappa shape index (κ1) is 38.4. The molecule has 3 saturated heterocycles. The molecule has 2 aliphatic carbocycles. The summed E-state index contributed by atoms with van der Waals surface area (Å²) >= 11 is 0. The Balaban J connectivity index is 0.880. The van der Waals surface area contributed by atoms with Gasteiger partial charge in [0, 0.05) is 49.3 Å². The lowest BCUT2D eigenvalue weighted by Gasteiger charge is -2.36. The molecule has 2 amide bonds. The molecule has 5 unspecified atom stereocenters. The van der Waals surface area contributed by atoms with Gasteiger partial charge in [-0.05, 0) is 106 Å². The number of urea groups is 1. The maximum Gasteiger partial charge on any atom is 0.320 e. The maximum atomic E-state index is 13.9. The molecular formula is C46H59N9O3. The van der Waals surface area contributed by atoms with Crippen molar-refractivity contribution in [2.75, 3.05) is 36.5 Å². The highest BCUT2D eigenvalue weighted by Crippen LogP contribution is 2.39. The number of amides is 2. The number of nitrogens with zero attached hydrogens (tertiary/aromatic N) is 7. The van der Waals surface area contributed by atoms with Gasteiger partial charge in [-0.25, -0.2) is 9.48 Å². The largest absolute Gasteiger partial charge is 0.492 e. The minimum absolute atomic E-state index is 0.159. The third kappa shape index (κ3) is 8.12. The Labute approximate surface area is 342 Å². The van der Waals surface area contributed by atoms with Gasteiger partial charge in [0.25, 0.3) is 0 Å². The number of pyridine rings is 1. The van der Waals surface area contributed by atoms with Gasteiger partial charge in [0.05, 0.1) is 23.6 Å². The van der Waals surface area contributed by atoms with Crippen LogP contribution in [-0.2, 0) is 5.41 Å². The van der Waals surface area contributed by atoms with Crippen molar-refractivity contribution in [1.29, 1.82) is 0 Å². The predicted molar refractivity (Wildman–Crippen MR) is 227 cm³/mol. The van der Waals surface area contributed by atoms with E-state index in [9.17, 15) is 4.79 Å². The lowest BCUT2D eigenvalue weighted by molar-refractivity contribution is 0.104. The summed E-state index contributed by atoms with van der Waals surface area (Å²) in [4.78, 5) is 18.9. The molecule has 58 heavy (non-hydrogen) atoms. The Morgan fingerprint density at radius 1 is 0.862 bits per heavy atom. The number of piperidine rings is 2. The summed E-state index contributed by atoms with van der Waals surface area (Å²) in [6.07, 6.45) is 13.6. The van der Waals surface area contributed by atoms with Crippen molar-refractivity contribution in [2.45, 2.75) is 122 Å². The molecule has 12 heteroatoms. The first-order valence-corrected chi connectivity index (χ1v) is 21.7. The van der Waals surface area contributed by atoms with Gasteiger partial charge in [-0.15, -0.1) is 10.2 Å². The molecule has 3 aliphatic heterocycles. The van der Waals surface area contributed by atoms with Crippen LogP contribution in [0.3, 0.4) is 0 Å². The lowest BCUT2D eigenvalue weighted by atomic mass is 9.85. The number of carbonyl (C=O) groups excluding carboxylic acids is 1. The Morgan fingerprint density at radius 3 is 2.60 bits per heavy atom. The van der Waals surface area contributed by atoms with Crippen LogP contribution in [0.1, 0.15) is 121 Å². The van der Waals surface area contributed by atoms with Crippen LogP contribution in [0.25, 0.3) is 11.3 Å². The second-order valence-electron chi connectivity index (χ2n) is 18.0. The Bertz CT molecular complexity index is 2220. The van der Waals surface area contributed by atoms with E-state index >= 15 is 0 Å². The number of nitrogens with one attached hydrogen (secondary N) is 2. The molecule has 2 aromatic carbocycles. The highest BCUT2D eigenvalue weighted by molar-refractivity contribution is 5.89. The minimum atomic E-state index is -0.280. The van der Waals surface area contributed by atoms with Crippen molar-refractivity contribution in [2.24, 2.45) is 5.92 Å². The number of hydrogen-bond acceptors (Lipinski definition) is 8. The first-order chi connectivity index (χ1) is 28.2. The molecule has 4 fully saturated rings. The second-order valence-corrected chi connectivity index (χ2v) is 18.0. The van der Waals surface area contributed by atoms with Gasteiger partial charge in [-0.3, -0.25) is 14.6 Å². The van der Waals surface area contributed by atoms with E-state index in [0.717, 1.165) is 90.3 Å². The Morgan fingerprint density at radius 2 is 1.74 bits per heavy atom. The molecule has 5 aliphatic rings. The zero-order chi connectivity index (χ0) is 39.8. The summed E-state index contributed by atoms with van der Waals surface area (Å²) in [5.41, 5.74) is 4.44. The number of anilines is 2. The number of fused-ring (bicyclic) bond motifs is 6. The van der Waals surface area contributed by atoms with Gasteiger partial charge in [-0.2, -0.15) is 5.10 Å². The molecule has 2 bridgehead atoms. The van der Waals surface area contributed by atoms with Crippen molar-refractivity contribution < 1.29 is 14.3 Å². The van der Waals surface area contributed by atoms with E-state index in [1.54, 1.807) is 0 Å². The summed E-state index contributed by atoms with van der Waals surface area (Å²) in [7, 11) is 0. The number of aromatic nitrogens is 5. The predicted octanol–water partition coefficient (Wildman–Crippen LogP) is 9.01. The normalized spacial score (nSPS) is 23.7. The van der Waals surface area contributed by atoms with E-state index in [4.69, 9.17) is 14.6 Å². The van der Waals surface area contributed by atoms with E-state index in [-0.39, 0.29) is 23.6 Å². The summed E-state index contributed by atoms with van der Waals surface area (Å²) in [6, 6.07) is 22.9. The van der Waals surface area contributed by atoms with Gasteiger partial charge in [0.2, 0.25) is 5.95 Å². The van der Waals surface area contributed by atoms with Crippen LogP contribution < -0.4 is 25.0 Å². The summed E-state index contributed by atoms with van der Waals surface area (Å²) < 4.78 is 16.9. The molecule has 0 radical (unpaired) electrons. The lowest BCUT2D eigenvalue weighted by Crippen LogP contribution is -2.43. The quantitative estimate of drug-likeness (QED) is 0.144. The molecule has 12 nitrogen and oxygen atoms in total. The molecule has 0 spiro atoms. The average Bonchev–Trinajstić information content (AvgIpc) is 3.70. The number of ether oxygens (including phenoxy) is 2. The molecule has 3 aromatic heterocycles. The summed E-state index contributed by atoms with van der Waals surface area (Å²) in [5.74, 6) is 3.89. The molecule has 5 atom stereocenters. The maximum absolute atomic E-state index is 13.9. The van der Waals surface area contributed by atoms with Gasteiger partial charge in [0.1, 0.15) is 30.0 Å². The molecule has 10 rings (SSSR count). The topological polar surface area (TPSA) is 114 Å². The first-order valence-electron chi connectivity index (χ1n) is 21.7. The van der Waals surface area contributed by atoms with Crippen LogP contribution in [0.4, 0.5) is 16.6 Å². The molecule has 5 aromatic rings. The number of carbonyl (C=O) groups is 1. The fourth-order valence-electron chi connectivity index (χ4n) is 9.70. The molecular weight excluding hydrogens is 727 g/mol. The van der Waals surface area contributed by atoms with Gasteiger partial charge in [-0.1, -0.05) is 57.5 Å². The third-order valence-electron chi connectivity index (χ3n) is 12.9. The van der Waals surface area contributed by atoms with Crippen molar-refractivity contribution in [3.63, 3.8) is 0 Å². The van der Waals surface area contributed by atoms with Crippen molar-refractivity contribution >= 4 is 23.4 Å². The summed E-state index contributed by atoms with van der Waals surface area (Å²) in [6.45, 7) is 12.4. The van der Waals surface area contributed by atoms with E-state index in [2.05, 4.69) is 74.9 Å². The number of hydrogen-bond donors (Lipinski definition) is 2. The van der Waals surface area contributed by atoms with Gasteiger partial charge in [0.15, 0.2) is 5.65 Å². The van der Waals surface area contributed by atoms with Crippen LogP contribution in [0, 0.1) is 5.92 Å². The minimum Gasteiger partial charge on any atom is -0.492 e. The zero-order valence-corrected chi connectivity index (χ0v) is 34.6. The fourth-order valence-corrected chi connectivity index (χ4v) is 9.70. The number of rotatable bonds is 10. The Kier molecular flexibility index (Phi) is 10.8. The third-order valence-corrected chi connectivity index (χ3v) is 12.9. The average molecular weight is 786 g/mol. The van der Waals surface area contributed by atoms with Gasteiger partial charge < -0.3 is 19.7 Å². The summed E-state index contributed by atoms with van der Waals surface area (Å²) in [5, 5.41) is 20.5. The van der Waals surface area contributed by atoms with Crippen LogP contribution in [0.2, 0.25) is 0 Å². The fraction of sp³-hybridized carbons (Fsp3) is 0.522. The molecule has 6 heterocycles. The molecule has 306 valence electrons. The standard InChI is InChI=1S/C46H59N9O3/c1-31-11-7-8-24-53(31)45-50-49-42-23-20-36(30-54(42)45)58-40-22-21-39(37-16-5-6-17-38(37)40)47-44(56)48-43-28-41(46(2,3)4)51-55(43)34-14-10-15-35(27-34)57-26-25-52-29-32-12-9-13-33(52)19-18-32/h5-6,10,14-17,20,23,27-28,30-33,39-40H,7-9,11-13,18-19,21-22,24-26,29H2,1-4H3,(H2,47,48,56). The van der Waals surface area contributed by atoms with Crippen LogP contribution in [0.15, 0.2) is 72.9 Å². The number of benzene rings is 2. The van der Waals surface area contributed by atoms with Crippen molar-refractivity contribution in [1.82, 2.24) is 34.6 Å². The van der Waals surface area contributed by atoms with Crippen LogP contribution >= 0.6 is 0 Å². The monoisotopic (exact) mass is 785 g/mol. The van der Waals surface area contributed by atoms with E-state index in [1.165, 1.54) is 45.1 Å². The molecule has 2 N–H and O–H groups in total. The van der Waals surface area contributed by atoms with Crippen LogP contribution in [0.5, 0.6) is 11.5 Å². The second kappa shape index (κ2) is 16.3. The van der Waals surface area contributed by atoms with Crippen molar-refractivity contribution in [3.05, 3.63) is 89.7 Å². The van der Waals surface area contributed by atoms with Gasteiger partial charge >= 0.3 is 6.03 Å².